The molecule has 2 N–H and O–H groups in total. The second-order valence-corrected chi connectivity index (χ2v) is 10.9. The lowest BCUT2D eigenvalue weighted by molar-refractivity contribution is -0.0122. The van der Waals surface area contributed by atoms with E-state index in [4.69, 9.17) is 9.47 Å². The van der Waals surface area contributed by atoms with Crippen LogP contribution >= 0.6 is 0 Å². The Bertz CT molecular complexity index is 878. The fraction of sp³-hybridized carbons (Fsp3) is 0.714. The summed E-state index contributed by atoms with van der Waals surface area (Å²) >= 11 is 0. The number of aliphatic hydroxyl groups excluding tert-OH is 1. The summed E-state index contributed by atoms with van der Waals surface area (Å²) in [5.74, 6) is 0.275. The summed E-state index contributed by atoms with van der Waals surface area (Å²) in [4.78, 5) is 31.9. The van der Waals surface area contributed by atoms with Crippen molar-refractivity contribution in [2.75, 3.05) is 52.3 Å². The molecule has 1 aromatic carbocycles. The van der Waals surface area contributed by atoms with E-state index in [1.54, 1.807) is 16.8 Å². The summed E-state index contributed by atoms with van der Waals surface area (Å²) in [5.41, 5.74) is 1.38. The first-order chi connectivity index (χ1) is 17.4. The Balaban J connectivity index is 2.43. The lowest BCUT2D eigenvalue weighted by atomic mass is 10.0. The Labute approximate surface area is 223 Å². The van der Waals surface area contributed by atoms with Crippen LogP contribution in [0.15, 0.2) is 18.2 Å². The van der Waals surface area contributed by atoms with Gasteiger partial charge in [-0.15, -0.1) is 0 Å². The van der Waals surface area contributed by atoms with Crippen LogP contribution < -0.4 is 15.0 Å². The predicted molar refractivity (Wildman–Crippen MR) is 147 cm³/mol. The number of aliphatic hydroxyl groups is 1. The van der Waals surface area contributed by atoms with Gasteiger partial charge in [0, 0.05) is 58.5 Å². The quantitative estimate of drug-likeness (QED) is 0.595. The number of nitrogens with one attached hydrogen (secondary N) is 1. The van der Waals surface area contributed by atoms with E-state index in [0.29, 0.717) is 31.0 Å². The molecule has 0 saturated heterocycles. The van der Waals surface area contributed by atoms with Gasteiger partial charge in [0.25, 0.3) is 5.91 Å². The van der Waals surface area contributed by atoms with E-state index in [2.05, 4.69) is 5.32 Å². The molecule has 1 aliphatic rings. The maximum atomic E-state index is 14.0. The maximum absolute atomic E-state index is 14.0. The zero-order chi connectivity index (χ0) is 27.7. The molecule has 9 nitrogen and oxygen atoms in total. The van der Waals surface area contributed by atoms with Crippen molar-refractivity contribution in [3.63, 3.8) is 0 Å². The van der Waals surface area contributed by atoms with Crippen LogP contribution in [0.5, 0.6) is 5.75 Å². The molecule has 0 aliphatic carbocycles. The van der Waals surface area contributed by atoms with E-state index in [-0.39, 0.29) is 42.7 Å². The summed E-state index contributed by atoms with van der Waals surface area (Å²) in [7, 11) is 5.63. The zero-order valence-corrected chi connectivity index (χ0v) is 24.0. The van der Waals surface area contributed by atoms with E-state index < -0.39 is 6.04 Å². The highest BCUT2D eigenvalue weighted by molar-refractivity contribution is 5.98. The van der Waals surface area contributed by atoms with Crippen LogP contribution in [0.1, 0.15) is 64.2 Å². The predicted octanol–water partition coefficient (Wildman–Crippen LogP) is 3.60. The SMILES string of the molecule is CC(C)NC(=O)N(C)C[C@H]1OCCCC[C@@H](C)Oc2ccc(N(C)C)cc2C(=O)N([C@@H](C)CO)C[C@H]1C. The molecule has 1 aliphatic heterocycles. The van der Waals surface area contributed by atoms with Crippen molar-refractivity contribution in [3.05, 3.63) is 23.8 Å². The first kappa shape index (κ1) is 30.7. The van der Waals surface area contributed by atoms with Crippen LogP contribution in [-0.4, -0.2) is 98.6 Å². The molecule has 3 amide bonds. The van der Waals surface area contributed by atoms with Crippen molar-refractivity contribution >= 4 is 17.6 Å². The Morgan fingerprint density at radius 1 is 1.19 bits per heavy atom. The fourth-order valence-corrected chi connectivity index (χ4v) is 4.36. The fourth-order valence-electron chi connectivity index (χ4n) is 4.36. The molecule has 210 valence electrons. The van der Waals surface area contributed by atoms with E-state index in [9.17, 15) is 14.7 Å². The van der Waals surface area contributed by atoms with E-state index in [1.165, 1.54) is 0 Å². The van der Waals surface area contributed by atoms with Gasteiger partial charge in [0.05, 0.1) is 30.4 Å². The van der Waals surface area contributed by atoms with Crippen LogP contribution in [-0.2, 0) is 4.74 Å². The van der Waals surface area contributed by atoms with Gasteiger partial charge in [-0.1, -0.05) is 6.92 Å². The third-order valence-corrected chi connectivity index (χ3v) is 6.76. The van der Waals surface area contributed by atoms with Crippen LogP contribution in [0.25, 0.3) is 0 Å². The van der Waals surface area contributed by atoms with E-state index in [0.717, 1.165) is 24.9 Å². The summed E-state index contributed by atoms with van der Waals surface area (Å²) in [5, 5.41) is 13.0. The van der Waals surface area contributed by atoms with Gasteiger partial charge in [-0.2, -0.15) is 0 Å². The van der Waals surface area contributed by atoms with E-state index in [1.807, 2.05) is 71.8 Å². The lowest BCUT2D eigenvalue weighted by Crippen LogP contribution is -2.49. The molecule has 1 heterocycles. The van der Waals surface area contributed by atoms with E-state index >= 15 is 0 Å². The maximum Gasteiger partial charge on any atom is 0.317 e. The lowest BCUT2D eigenvalue weighted by Gasteiger charge is -2.36. The minimum atomic E-state index is -0.404. The largest absolute Gasteiger partial charge is 0.490 e. The highest BCUT2D eigenvalue weighted by atomic mass is 16.5. The molecule has 0 bridgehead atoms. The number of benzene rings is 1. The molecule has 0 aromatic heterocycles. The normalized spacial score (nSPS) is 22.5. The average Bonchev–Trinajstić information content (AvgIpc) is 2.84. The molecule has 0 unspecified atom stereocenters. The Morgan fingerprint density at radius 3 is 2.51 bits per heavy atom. The summed E-state index contributed by atoms with van der Waals surface area (Å²) < 4.78 is 12.6. The molecule has 0 fully saturated rings. The van der Waals surface area contributed by atoms with Crippen molar-refractivity contribution in [1.82, 2.24) is 15.1 Å². The third-order valence-electron chi connectivity index (χ3n) is 6.76. The molecule has 9 heteroatoms. The van der Waals surface area contributed by atoms with Crippen LogP contribution in [0.3, 0.4) is 0 Å². The number of amides is 3. The molecule has 0 saturated carbocycles. The van der Waals surface area contributed by atoms with Gasteiger partial charge >= 0.3 is 6.03 Å². The zero-order valence-electron chi connectivity index (χ0n) is 24.0. The van der Waals surface area contributed by atoms with Crippen LogP contribution in [0.2, 0.25) is 0 Å². The molecule has 37 heavy (non-hydrogen) atoms. The van der Waals surface area contributed by atoms with Crippen molar-refractivity contribution < 1.29 is 24.2 Å². The van der Waals surface area contributed by atoms with Gasteiger partial charge in [0.2, 0.25) is 0 Å². The summed E-state index contributed by atoms with van der Waals surface area (Å²) in [6.07, 6.45) is 2.30. The number of nitrogens with zero attached hydrogens (tertiary/aromatic N) is 3. The van der Waals surface area contributed by atoms with Gasteiger partial charge in [-0.3, -0.25) is 4.79 Å². The number of hydrogen-bond acceptors (Lipinski definition) is 6. The topological polar surface area (TPSA) is 94.6 Å². The first-order valence-electron chi connectivity index (χ1n) is 13.5. The molecular weight excluding hydrogens is 472 g/mol. The Morgan fingerprint density at radius 2 is 1.89 bits per heavy atom. The number of urea groups is 1. The number of ether oxygens (including phenoxy) is 2. The van der Waals surface area contributed by atoms with Gasteiger partial charge < -0.3 is 34.6 Å². The Hall–Kier alpha value is -2.52. The Kier molecular flexibility index (Phi) is 12.0. The minimum absolute atomic E-state index is 0.0344. The molecule has 0 radical (unpaired) electrons. The standard InChI is InChI=1S/C28H48N4O5/c1-19(2)29-28(35)31(8)17-26-20(3)16-32(21(4)18-33)27(34)24-15-23(30(6)7)12-13-25(24)37-22(5)11-9-10-14-36-26/h12-13,15,19-22,26,33H,9-11,14,16-18H2,1-8H3,(H,29,35)/t20-,21+,22-,26-/m1/s1. The molecule has 1 aromatic rings. The van der Waals surface area contributed by atoms with Crippen molar-refractivity contribution in [3.8, 4) is 5.75 Å². The number of carbonyl (C=O) groups excluding carboxylic acids is 2. The van der Waals surface area contributed by atoms with Crippen molar-refractivity contribution in [2.45, 2.75) is 78.2 Å². The number of rotatable bonds is 6. The number of carbonyl (C=O) groups is 2. The number of likely N-dealkylation sites (N-methyl/N-ethyl adjacent to an activating group) is 1. The molecule has 2 rings (SSSR count). The van der Waals surface area contributed by atoms with Gasteiger partial charge in [0.15, 0.2) is 0 Å². The molecule has 4 atom stereocenters. The second-order valence-electron chi connectivity index (χ2n) is 10.9. The van der Waals surface area contributed by atoms with Gasteiger partial charge in [-0.25, -0.2) is 4.79 Å². The summed E-state index contributed by atoms with van der Waals surface area (Å²) in [6.45, 7) is 10.9. The van der Waals surface area contributed by atoms with Crippen molar-refractivity contribution in [1.29, 1.82) is 0 Å². The molecule has 0 spiro atoms. The summed E-state index contributed by atoms with van der Waals surface area (Å²) in [6, 6.07) is 5.15. The van der Waals surface area contributed by atoms with Crippen LogP contribution in [0, 0.1) is 5.92 Å². The highest BCUT2D eigenvalue weighted by Gasteiger charge is 2.31. The smallest absolute Gasteiger partial charge is 0.317 e. The molecular formula is C28H48N4O5. The minimum Gasteiger partial charge on any atom is -0.490 e. The second kappa shape index (κ2) is 14.4. The van der Waals surface area contributed by atoms with Crippen LogP contribution in [0.4, 0.5) is 10.5 Å². The number of anilines is 1. The third kappa shape index (κ3) is 9.07. The first-order valence-corrected chi connectivity index (χ1v) is 13.5. The highest BCUT2D eigenvalue weighted by Crippen LogP contribution is 2.29. The number of hydrogen-bond donors (Lipinski definition) is 2. The number of fused-ring (bicyclic) bond motifs is 1. The van der Waals surface area contributed by atoms with Gasteiger partial charge in [0.1, 0.15) is 5.75 Å². The van der Waals surface area contributed by atoms with Crippen molar-refractivity contribution in [2.24, 2.45) is 5.92 Å². The van der Waals surface area contributed by atoms with Gasteiger partial charge in [-0.05, 0) is 65.2 Å². The monoisotopic (exact) mass is 520 g/mol. The average molecular weight is 521 g/mol.